The second kappa shape index (κ2) is 6.02. The summed E-state index contributed by atoms with van der Waals surface area (Å²) >= 11 is 7.20. The van der Waals surface area contributed by atoms with E-state index in [-0.39, 0.29) is 5.91 Å². The summed E-state index contributed by atoms with van der Waals surface area (Å²) < 4.78 is 7.20. The lowest BCUT2D eigenvalue weighted by molar-refractivity contribution is 0.103. The highest BCUT2D eigenvalue weighted by Gasteiger charge is 2.14. The molecule has 25 heavy (non-hydrogen) atoms. The first-order valence-electron chi connectivity index (χ1n) is 7.44. The molecule has 4 aromatic heterocycles. The first-order valence-corrected chi connectivity index (χ1v) is 8.64. The van der Waals surface area contributed by atoms with Crippen LogP contribution in [0.5, 0.6) is 5.75 Å². The van der Waals surface area contributed by atoms with Gasteiger partial charge in [0.2, 0.25) is 0 Å². The van der Waals surface area contributed by atoms with Crippen LogP contribution in [-0.2, 0) is 0 Å². The molecule has 8 heteroatoms. The Morgan fingerprint density at radius 3 is 2.92 bits per heavy atom. The summed E-state index contributed by atoms with van der Waals surface area (Å²) in [6, 6.07) is 7.11. The molecule has 0 aliphatic rings. The van der Waals surface area contributed by atoms with Crippen LogP contribution in [0.15, 0.2) is 36.7 Å². The minimum Gasteiger partial charge on any atom is -0.493 e. The molecule has 6 nitrogen and oxygen atoms in total. The van der Waals surface area contributed by atoms with Gasteiger partial charge in [0.25, 0.3) is 5.91 Å². The second-order valence-electron chi connectivity index (χ2n) is 5.50. The monoisotopic (exact) mass is 372 g/mol. The maximum absolute atomic E-state index is 12.6. The van der Waals surface area contributed by atoms with Gasteiger partial charge in [-0.3, -0.25) is 4.79 Å². The fraction of sp³-hybridized carbons (Fsp3) is 0.118. The molecule has 4 rings (SSSR count). The number of carbonyl (C=O) groups is 1. The molecule has 0 saturated carbocycles. The summed E-state index contributed by atoms with van der Waals surface area (Å²) in [6.07, 6.45) is 3.68. The van der Waals surface area contributed by atoms with Gasteiger partial charge in [0.15, 0.2) is 11.4 Å². The smallest absolute Gasteiger partial charge is 0.265 e. The van der Waals surface area contributed by atoms with Gasteiger partial charge in [-0.15, -0.1) is 11.3 Å². The number of thiophene rings is 1. The maximum atomic E-state index is 12.6. The summed E-state index contributed by atoms with van der Waals surface area (Å²) in [4.78, 5) is 22.5. The van der Waals surface area contributed by atoms with Crippen LogP contribution in [-0.4, -0.2) is 27.4 Å². The predicted molar refractivity (Wildman–Crippen MR) is 99.1 cm³/mol. The van der Waals surface area contributed by atoms with E-state index in [1.165, 1.54) is 11.3 Å². The molecule has 0 aliphatic carbocycles. The molecule has 0 saturated heterocycles. The minimum absolute atomic E-state index is 0.211. The van der Waals surface area contributed by atoms with E-state index in [0.29, 0.717) is 27.1 Å². The Labute approximate surface area is 152 Å². The molecule has 0 unspecified atom stereocenters. The van der Waals surface area contributed by atoms with E-state index < -0.39 is 0 Å². The van der Waals surface area contributed by atoms with Crippen molar-refractivity contribution in [2.75, 3.05) is 12.4 Å². The van der Waals surface area contributed by atoms with Crippen molar-refractivity contribution in [3.8, 4) is 5.75 Å². The molecule has 0 bridgehead atoms. The van der Waals surface area contributed by atoms with Gasteiger partial charge in [-0.2, -0.15) is 0 Å². The van der Waals surface area contributed by atoms with Crippen LogP contribution in [0, 0.1) is 6.92 Å². The number of carbonyl (C=O) groups excluding carboxylic acids is 1. The molecular formula is C17H13ClN4O2S. The Balaban J connectivity index is 1.68. The molecule has 4 heterocycles. The Hall–Kier alpha value is -2.64. The Morgan fingerprint density at radius 1 is 1.28 bits per heavy atom. The number of nitrogens with one attached hydrogen (secondary N) is 1. The number of anilines is 1. The number of fused-ring (bicyclic) bond motifs is 2. The van der Waals surface area contributed by atoms with Crippen LogP contribution in [0.25, 0.3) is 15.9 Å². The highest BCUT2D eigenvalue weighted by atomic mass is 35.5. The van der Waals surface area contributed by atoms with Crippen LogP contribution in [0.4, 0.5) is 5.69 Å². The predicted octanol–water partition coefficient (Wildman–Crippen LogP) is 4.17. The maximum Gasteiger partial charge on any atom is 0.265 e. The summed E-state index contributed by atoms with van der Waals surface area (Å²) in [5, 5.41) is 4.19. The average molecular weight is 373 g/mol. The number of pyridine rings is 2. The molecule has 0 radical (unpaired) electrons. The normalized spacial score (nSPS) is 11.2. The third-order valence-corrected chi connectivity index (χ3v) is 4.94. The number of imidazole rings is 1. The number of ether oxygens (including phenoxy) is 1. The molecule has 1 N–H and O–H groups in total. The topological polar surface area (TPSA) is 68.5 Å². The number of amides is 1. The number of aryl methyl sites for hydroxylation is 1. The Bertz CT molecular complexity index is 1120. The average Bonchev–Trinajstić information content (AvgIpc) is 3.16. The van der Waals surface area contributed by atoms with E-state index in [0.717, 1.165) is 15.9 Å². The van der Waals surface area contributed by atoms with Crippen LogP contribution in [0.1, 0.15) is 15.4 Å². The molecule has 0 atom stereocenters. The minimum atomic E-state index is -0.211. The standard InChI is InChI=1S/C17H13ClN4O2S/c1-9-7-22-8-11(6-12(24-2)15(22)19-9)20-16(23)13-5-10-3-4-14(18)21-17(10)25-13/h3-8H,1-2H3,(H,20,23). The van der Waals surface area contributed by atoms with Gasteiger partial charge in [0.1, 0.15) is 9.98 Å². The van der Waals surface area contributed by atoms with Gasteiger partial charge in [0, 0.05) is 23.8 Å². The summed E-state index contributed by atoms with van der Waals surface area (Å²) in [7, 11) is 1.58. The molecule has 0 fully saturated rings. The Kier molecular flexibility index (Phi) is 3.82. The highest BCUT2D eigenvalue weighted by molar-refractivity contribution is 7.20. The van der Waals surface area contributed by atoms with E-state index in [1.807, 2.05) is 23.6 Å². The summed E-state index contributed by atoms with van der Waals surface area (Å²) in [5.74, 6) is 0.382. The molecule has 126 valence electrons. The second-order valence-corrected chi connectivity index (χ2v) is 6.92. The van der Waals surface area contributed by atoms with Crippen molar-refractivity contribution < 1.29 is 9.53 Å². The zero-order valence-electron chi connectivity index (χ0n) is 13.4. The lowest BCUT2D eigenvalue weighted by Gasteiger charge is -2.08. The molecule has 0 aliphatic heterocycles. The van der Waals surface area contributed by atoms with Crippen LogP contribution in [0.2, 0.25) is 5.15 Å². The number of halogens is 1. The number of methoxy groups -OCH3 is 1. The van der Waals surface area contributed by atoms with Crippen molar-refractivity contribution >= 4 is 50.4 Å². The highest BCUT2D eigenvalue weighted by Crippen LogP contribution is 2.28. The fourth-order valence-corrected chi connectivity index (χ4v) is 3.73. The Morgan fingerprint density at radius 2 is 2.12 bits per heavy atom. The summed E-state index contributed by atoms with van der Waals surface area (Å²) in [5.41, 5.74) is 2.20. The quantitative estimate of drug-likeness (QED) is 0.548. The largest absolute Gasteiger partial charge is 0.493 e. The third kappa shape index (κ3) is 2.92. The molecule has 0 aromatic carbocycles. The van der Waals surface area contributed by atoms with Gasteiger partial charge in [-0.1, -0.05) is 11.6 Å². The third-order valence-electron chi connectivity index (χ3n) is 3.69. The molecule has 0 spiro atoms. The van der Waals surface area contributed by atoms with E-state index in [2.05, 4.69) is 15.3 Å². The lowest BCUT2D eigenvalue weighted by Crippen LogP contribution is -2.10. The number of nitrogens with zero attached hydrogens (tertiary/aromatic N) is 3. The van der Waals surface area contributed by atoms with Crippen molar-refractivity contribution in [3.05, 3.63) is 52.4 Å². The van der Waals surface area contributed by atoms with Gasteiger partial charge >= 0.3 is 0 Å². The first kappa shape index (κ1) is 15.9. The number of rotatable bonds is 3. The van der Waals surface area contributed by atoms with Crippen molar-refractivity contribution in [1.82, 2.24) is 14.4 Å². The van der Waals surface area contributed by atoms with E-state index in [9.17, 15) is 4.79 Å². The number of aromatic nitrogens is 3. The number of hydrogen-bond acceptors (Lipinski definition) is 5. The van der Waals surface area contributed by atoms with E-state index in [1.54, 1.807) is 31.5 Å². The van der Waals surface area contributed by atoms with Gasteiger partial charge in [-0.25, -0.2) is 9.97 Å². The van der Waals surface area contributed by atoms with E-state index in [4.69, 9.17) is 16.3 Å². The van der Waals surface area contributed by atoms with E-state index >= 15 is 0 Å². The number of hydrogen-bond donors (Lipinski definition) is 1. The SMILES string of the molecule is COc1cc(NC(=O)c2cc3ccc(Cl)nc3s2)cn2cc(C)nc12. The van der Waals surface area contributed by atoms with Crippen LogP contribution >= 0.6 is 22.9 Å². The van der Waals surface area contributed by atoms with Gasteiger partial charge in [0.05, 0.1) is 23.4 Å². The molecule has 4 aromatic rings. The summed E-state index contributed by atoms with van der Waals surface area (Å²) in [6.45, 7) is 1.90. The zero-order chi connectivity index (χ0) is 17.6. The van der Waals surface area contributed by atoms with Crippen molar-refractivity contribution in [2.24, 2.45) is 0 Å². The lowest BCUT2D eigenvalue weighted by atomic mass is 10.3. The molecular weight excluding hydrogens is 360 g/mol. The van der Waals surface area contributed by atoms with Crippen molar-refractivity contribution in [3.63, 3.8) is 0 Å². The fourth-order valence-electron chi connectivity index (χ4n) is 2.61. The van der Waals surface area contributed by atoms with Crippen LogP contribution in [0.3, 0.4) is 0 Å². The van der Waals surface area contributed by atoms with Gasteiger partial charge in [-0.05, 0) is 25.1 Å². The van der Waals surface area contributed by atoms with Crippen molar-refractivity contribution in [2.45, 2.75) is 6.92 Å². The van der Waals surface area contributed by atoms with Crippen molar-refractivity contribution in [1.29, 1.82) is 0 Å². The zero-order valence-corrected chi connectivity index (χ0v) is 15.0. The van der Waals surface area contributed by atoms with Crippen LogP contribution < -0.4 is 10.1 Å². The van der Waals surface area contributed by atoms with Gasteiger partial charge < -0.3 is 14.5 Å². The molecule has 1 amide bonds. The first-order chi connectivity index (χ1) is 12.0.